The minimum absolute atomic E-state index is 0.0203. The molecule has 2 atom stereocenters. The van der Waals surface area contributed by atoms with Crippen LogP contribution < -0.4 is 5.32 Å². The number of nitrogens with one attached hydrogen (secondary N) is 1. The molecular formula is C18H16BrF2N5O3. The van der Waals surface area contributed by atoms with Crippen LogP contribution in [-0.2, 0) is 9.53 Å². The van der Waals surface area contributed by atoms with Crippen LogP contribution >= 0.6 is 15.9 Å². The Labute approximate surface area is 173 Å². The largest absolute Gasteiger partial charge is 0.470 e. The predicted molar refractivity (Wildman–Crippen MR) is 104 cm³/mol. The van der Waals surface area contributed by atoms with Crippen molar-refractivity contribution in [2.24, 2.45) is 5.10 Å². The average Bonchev–Trinajstić information content (AvgIpc) is 3.37. The van der Waals surface area contributed by atoms with Crippen LogP contribution in [0.15, 0.2) is 40.2 Å². The van der Waals surface area contributed by atoms with Gasteiger partial charge in [-0.05, 0) is 18.2 Å². The maximum atomic E-state index is 13.4. The predicted octanol–water partition coefficient (Wildman–Crippen LogP) is 2.55. The number of carbonyl (C=O) groups excluding carboxylic acids is 2. The Kier molecular flexibility index (Phi) is 6.47. The number of rotatable bonds is 7. The van der Waals surface area contributed by atoms with Crippen LogP contribution in [0.2, 0.25) is 0 Å². The van der Waals surface area contributed by atoms with Crippen molar-refractivity contribution in [2.45, 2.75) is 18.7 Å². The lowest BCUT2D eigenvalue weighted by Gasteiger charge is -2.17. The minimum Gasteiger partial charge on any atom is -0.470 e. The molecule has 1 N–H and O–H groups in total. The number of anilines is 1. The minimum atomic E-state index is -1.10. The van der Waals surface area contributed by atoms with Crippen LogP contribution in [0.3, 0.4) is 0 Å². The molecule has 1 aromatic carbocycles. The highest BCUT2D eigenvalue weighted by Gasteiger charge is 2.41. The number of carbonyl (C=O) groups is 2. The number of amides is 1. The van der Waals surface area contributed by atoms with Gasteiger partial charge in [-0.2, -0.15) is 0 Å². The summed E-state index contributed by atoms with van der Waals surface area (Å²) in [7, 11) is 1.51. The van der Waals surface area contributed by atoms with Gasteiger partial charge in [-0.15, -0.1) is 5.10 Å². The number of aldehydes is 1. The molecule has 8 nitrogen and oxygen atoms in total. The number of aromatic nitrogens is 2. The van der Waals surface area contributed by atoms with Crippen molar-refractivity contribution < 1.29 is 23.1 Å². The van der Waals surface area contributed by atoms with Gasteiger partial charge in [0.25, 0.3) is 0 Å². The van der Waals surface area contributed by atoms with E-state index >= 15 is 0 Å². The van der Waals surface area contributed by atoms with Crippen molar-refractivity contribution in [3.63, 3.8) is 0 Å². The lowest BCUT2D eigenvalue weighted by atomic mass is 10.1. The highest BCUT2D eigenvalue weighted by atomic mass is 79.9. The Hall–Kier alpha value is -2.95. The van der Waals surface area contributed by atoms with Crippen molar-refractivity contribution >= 4 is 40.0 Å². The molecule has 1 fully saturated rings. The average molecular weight is 468 g/mol. The Balaban J connectivity index is 1.76. The Morgan fingerprint density at radius 2 is 2.14 bits per heavy atom. The van der Waals surface area contributed by atoms with Gasteiger partial charge in [-0.3, -0.25) is 19.9 Å². The number of likely N-dealkylation sites (N-methyl/N-ethyl adjacent to an activating group) is 1. The summed E-state index contributed by atoms with van der Waals surface area (Å²) in [6.07, 6.45) is 0.967. The molecule has 11 heteroatoms. The maximum Gasteiger partial charge on any atom is 0.248 e. The zero-order chi connectivity index (χ0) is 21.0. The van der Waals surface area contributed by atoms with E-state index in [-0.39, 0.29) is 24.8 Å². The third kappa shape index (κ3) is 5.76. The van der Waals surface area contributed by atoms with Gasteiger partial charge in [-0.25, -0.2) is 18.7 Å². The molecule has 1 aliphatic rings. The zero-order valence-electron chi connectivity index (χ0n) is 15.2. The second-order valence-electron chi connectivity index (χ2n) is 6.25. The van der Waals surface area contributed by atoms with Crippen molar-refractivity contribution in [1.82, 2.24) is 15.0 Å². The van der Waals surface area contributed by atoms with Crippen LogP contribution in [0.5, 0.6) is 0 Å². The van der Waals surface area contributed by atoms with Gasteiger partial charge in [0.05, 0.1) is 12.4 Å². The first-order chi connectivity index (χ1) is 13.9. The van der Waals surface area contributed by atoms with E-state index in [2.05, 4.69) is 36.3 Å². The first kappa shape index (κ1) is 20.8. The van der Waals surface area contributed by atoms with E-state index in [0.29, 0.717) is 21.9 Å². The molecule has 0 radical (unpaired) electrons. The SMILES string of the molecule is CN(CC(=O)Nc1ncc(F)cn1)/N=C(/O[C@H]1CC1F)c1cc(Br)ccc1C=O. The van der Waals surface area contributed by atoms with Gasteiger partial charge < -0.3 is 4.74 Å². The van der Waals surface area contributed by atoms with Gasteiger partial charge in [0.1, 0.15) is 18.8 Å². The third-order valence-electron chi connectivity index (χ3n) is 3.80. The molecular weight excluding hydrogens is 452 g/mol. The van der Waals surface area contributed by atoms with Crippen LogP contribution in [0.25, 0.3) is 0 Å². The fraction of sp³-hybridized carbons (Fsp3) is 0.278. The molecule has 0 bridgehead atoms. The molecule has 2 aromatic rings. The summed E-state index contributed by atoms with van der Waals surface area (Å²) < 4.78 is 32.5. The van der Waals surface area contributed by atoms with E-state index in [1.165, 1.54) is 12.1 Å². The lowest BCUT2D eigenvalue weighted by Crippen LogP contribution is -2.29. The van der Waals surface area contributed by atoms with Crippen molar-refractivity contribution in [1.29, 1.82) is 0 Å². The van der Waals surface area contributed by atoms with Gasteiger partial charge in [-0.1, -0.05) is 15.9 Å². The molecule has 1 heterocycles. The topological polar surface area (TPSA) is 96.8 Å². The number of hydrazone groups is 1. The summed E-state index contributed by atoms with van der Waals surface area (Å²) in [5.74, 6) is -1.18. The molecule has 1 saturated carbocycles. The van der Waals surface area contributed by atoms with Gasteiger partial charge >= 0.3 is 0 Å². The summed E-state index contributed by atoms with van der Waals surface area (Å²) in [6.45, 7) is -0.220. The summed E-state index contributed by atoms with van der Waals surface area (Å²) in [5, 5.41) is 7.89. The summed E-state index contributed by atoms with van der Waals surface area (Å²) in [6, 6.07) is 4.88. The van der Waals surface area contributed by atoms with Crippen LogP contribution in [0, 0.1) is 5.82 Å². The van der Waals surface area contributed by atoms with Crippen LogP contribution in [0.4, 0.5) is 14.7 Å². The fourth-order valence-corrected chi connectivity index (χ4v) is 2.67. The van der Waals surface area contributed by atoms with Gasteiger partial charge in [0, 0.05) is 29.1 Å². The van der Waals surface area contributed by atoms with Crippen molar-refractivity contribution in [3.8, 4) is 0 Å². The lowest BCUT2D eigenvalue weighted by molar-refractivity contribution is -0.117. The van der Waals surface area contributed by atoms with E-state index in [1.807, 2.05) is 0 Å². The Morgan fingerprint density at radius 3 is 2.76 bits per heavy atom. The second-order valence-corrected chi connectivity index (χ2v) is 7.17. The Morgan fingerprint density at radius 1 is 1.45 bits per heavy atom. The number of hydrogen-bond acceptors (Lipinski definition) is 7. The highest BCUT2D eigenvalue weighted by Crippen LogP contribution is 2.30. The van der Waals surface area contributed by atoms with E-state index in [0.717, 1.165) is 12.4 Å². The number of ether oxygens (including phenoxy) is 1. The van der Waals surface area contributed by atoms with E-state index < -0.39 is 24.0 Å². The van der Waals surface area contributed by atoms with Crippen molar-refractivity contribution in [3.05, 3.63) is 52.0 Å². The fourth-order valence-electron chi connectivity index (χ4n) is 2.31. The molecule has 0 aliphatic heterocycles. The van der Waals surface area contributed by atoms with E-state index in [1.54, 1.807) is 18.2 Å². The summed E-state index contributed by atoms with van der Waals surface area (Å²) in [5.41, 5.74) is 0.670. The zero-order valence-corrected chi connectivity index (χ0v) is 16.8. The van der Waals surface area contributed by atoms with E-state index in [4.69, 9.17) is 4.74 Å². The van der Waals surface area contributed by atoms with E-state index in [9.17, 15) is 18.4 Å². The number of hydrogen-bond donors (Lipinski definition) is 1. The molecule has 1 aromatic heterocycles. The second kappa shape index (κ2) is 9.03. The highest BCUT2D eigenvalue weighted by molar-refractivity contribution is 9.10. The van der Waals surface area contributed by atoms with Crippen molar-refractivity contribution in [2.75, 3.05) is 18.9 Å². The number of benzene rings is 1. The van der Waals surface area contributed by atoms with Gasteiger partial charge in [0.15, 0.2) is 12.1 Å². The molecule has 1 amide bonds. The molecule has 0 saturated heterocycles. The summed E-state index contributed by atoms with van der Waals surface area (Å²) in [4.78, 5) is 30.8. The van der Waals surface area contributed by atoms with Crippen LogP contribution in [-0.4, -0.2) is 58.9 Å². The molecule has 152 valence electrons. The normalized spacial score (nSPS) is 18.1. The quantitative estimate of drug-likeness (QED) is 0.291. The molecule has 1 unspecified atom stereocenters. The monoisotopic (exact) mass is 467 g/mol. The first-order valence-corrected chi connectivity index (χ1v) is 9.28. The molecule has 1 aliphatic carbocycles. The number of alkyl halides is 1. The maximum absolute atomic E-state index is 13.4. The smallest absolute Gasteiger partial charge is 0.248 e. The van der Waals surface area contributed by atoms with Crippen LogP contribution in [0.1, 0.15) is 22.3 Å². The Bertz CT molecular complexity index is 942. The summed E-state index contributed by atoms with van der Waals surface area (Å²) >= 11 is 3.32. The first-order valence-electron chi connectivity index (χ1n) is 8.48. The molecule has 29 heavy (non-hydrogen) atoms. The molecule has 3 rings (SSSR count). The molecule has 0 spiro atoms. The van der Waals surface area contributed by atoms with Gasteiger partial charge in [0.2, 0.25) is 17.8 Å². The third-order valence-corrected chi connectivity index (χ3v) is 4.29. The number of nitrogens with zero attached hydrogens (tertiary/aromatic N) is 4. The number of halogens is 3. The standard InChI is InChI=1S/C18H16BrF2N5O3/c1-26(8-16(28)24-18-22-6-12(20)7-23-18)25-17(29-15-5-14(15)21)13-4-11(19)3-2-10(13)9-27/h2-4,6-7,9,14-15H,5,8H2,1H3,(H,22,23,24,28)/b25-17+/t14?,15-/m0/s1.